The third-order valence-corrected chi connectivity index (χ3v) is 7.98. The minimum Gasteiger partial charge on any atom is -0.340 e. The van der Waals surface area contributed by atoms with Crippen LogP contribution in [-0.2, 0) is 11.3 Å². The molecule has 2 aliphatic rings. The Labute approximate surface area is 226 Å². The summed E-state index contributed by atoms with van der Waals surface area (Å²) < 4.78 is 18.1. The Morgan fingerprint density at radius 2 is 1.85 bits per heavy atom. The van der Waals surface area contributed by atoms with E-state index in [1.54, 1.807) is 17.3 Å². The van der Waals surface area contributed by atoms with Gasteiger partial charge in [0, 0.05) is 70.1 Å². The zero-order valence-corrected chi connectivity index (χ0v) is 22.2. The number of nitrogens with two attached hydrogens (primary N) is 1. The van der Waals surface area contributed by atoms with Crippen molar-refractivity contribution >= 4 is 22.9 Å². The van der Waals surface area contributed by atoms with Gasteiger partial charge in [0.05, 0.1) is 5.69 Å². The molecule has 9 nitrogen and oxygen atoms in total. The number of fused-ring (bicyclic) bond motifs is 1. The number of anilines is 1. The van der Waals surface area contributed by atoms with Gasteiger partial charge in [-0.15, -0.1) is 0 Å². The third-order valence-electron chi connectivity index (χ3n) is 7.98. The molecule has 6 heterocycles. The largest absolute Gasteiger partial charge is 0.340 e. The van der Waals surface area contributed by atoms with E-state index in [4.69, 9.17) is 10.7 Å². The van der Waals surface area contributed by atoms with Crippen LogP contribution in [0.4, 0.5) is 10.2 Å². The first-order valence-electron chi connectivity index (χ1n) is 13.6. The van der Waals surface area contributed by atoms with E-state index in [1.165, 1.54) is 0 Å². The smallest absolute Gasteiger partial charge is 0.270 e. The van der Waals surface area contributed by atoms with Gasteiger partial charge in [-0.1, -0.05) is 6.07 Å². The van der Waals surface area contributed by atoms with Gasteiger partial charge in [0.25, 0.3) is 11.7 Å². The van der Waals surface area contributed by atoms with Crippen molar-refractivity contribution in [2.75, 3.05) is 31.9 Å². The monoisotopic (exact) mass is 529 g/mol. The Balaban J connectivity index is 1.11. The number of halogens is 1. The van der Waals surface area contributed by atoms with Crippen LogP contribution in [-0.4, -0.2) is 67.1 Å². The quantitative estimate of drug-likeness (QED) is 0.425. The highest BCUT2D eigenvalue weighted by Crippen LogP contribution is 2.35. The van der Waals surface area contributed by atoms with E-state index in [0.717, 1.165) is 33.9 Å². The van der Waals surface area contributed by atoms with Gasteiger partial charge in [-0.3, -0.25) is 20.4 Å². The average molecular weight is 530 g/mol. The molecule has 0 unspecified atom stereocenters. The minimum atomic E-state index is -1.81. The Morgan fingerprint density at radius 3 is 2.56 bits per heavy atom. The van der Waals surface area contributed by atoms with Crippen LogP contribution < -0.4 is 10.7 Å². The van der Waals surface area contributed by atoms with Crippen LogP contribution in [0.25, 0.3) is 22.7 Å². The second kappa shape index (κ2) is 10.3. The normalized spacial score (nSPS) is 18.5. The van der Waals surface area contributed by atoms with E-state index in [-0.39, 0.29) is 24.8 Å². The van der Waals surface area contributed by atoms with Crippen molar-refractivity contribution in [3.05, 3.63) is 66.1 Å². The lowest BCUT2D eigenvalue weighted by atomic mass is 9.90. The number of likely N-dealkylation sites (tertiary alicyclic amines) is 2. The molecule has 1 amide bonds. The topological polar surface area (TPSA) is 107 Å². The molecule has 0 aliphatic carbocycles. The van der Waals surface area contributed by atoms with Crippen molar-refractivity contribution in [3.63, 3.8) is 0 Å². The van der Waals surface area contributed by atoms with Crippen LogP contribution in [0.15, 0.2) is 54.9 Å². The summed E-state index contributed by atoms with van der Waals surface area (Å²) in [5.74, 6) is 1.03. The SMILES string of the molecule is Cc1cc(CN2CCC(F)(C(=O)N3CCC(n4c(-c5ccccn5)nc5cccnc54)CC3)CC2)cc(N)[nH+]1. The number of imidazole rings is 1. The predicted octanol–water partition coefficient (Wildman–Crippen LogP) is 3.37. The van der Waals surface area contributed by atoms with Crippen LogP contribution in [0.5, 0.6) is 0 Å². The van der Waals surface area contributed by atoms with E-state index >= 15 is 4.39 Å². The molecule has 6 rings (SSSR count). The molecule has 0 radical (unpaired) electrons. The number of hydrogen-bond acceptors (Lipinski definition) is 6. The third kappa shape index (κ3) is 5.08. The molecule has 2 aliphatic heterocycles. The molecule has 2 saturated heterocycles. The number of nitrogens with one attached hydrogen (secondary N) is 1. The molecule has 2 fully saturated rings. The summed E-state index contributed by atoms with van der Waals surface area (Å²) in [6, 6.07) is 13.7. The Bertz CT molecular complexity index is 1450. The lowest BCUT2D eigenvalue weighted by Crippen LogP contribution is -2.54. The maximum absolute atomic E-state index is 16.0. The standard InChI is InChI=1S/C29H33FN8O/c1-20-17-21(18-25(31)34-20)19-36-15-9-29(30,10-16-36)28(39)37-13-7-22(8-14-37)38-26-24(6-4-12-33-26)35-27(38)23-5-2-3-11-32-23/h2-6,11-12,17-18,22H,7-10,13-16,19H2,1H3,(H2,31,34)/p+1. The van der Waals surface area contributed by atoms with Gasteiger partial charge in [0.2, 0.25) is 0 Å². The number of amides is 1. The lowest BCUT2D eigenvalue weighted by molar-refractivity contribution is -0.370. The van der Waals surface area contributed by atoms with E-state index in [9.17, 15) is 4.79 Å². The summed E-state index contributed by atoms with van der Waals surface area (Å²) in [5, 5.41) is 0. The van der Waals surface area contributed by atoms with Gasteiger partial charge < -0.3 is 9.47 Å². The number of carbonyl (C=O) groups excluding carboxylic acids is 1. The maximum Gasteiger partial charge on any atom is 0.270 e. The number of nitrogen functional groups attached to an aromatic ring is 1. The predicted molar refractivity (Wildman–Crippen MR) is 146 cm³/mol. The molecule has 0 atom stereocenters. The van der Waals surface area contributed by atoms with Gasteiger partial charge in [-0.05, 0) is 55.7 Å². The number of pyridine rings is 3. The molecule has 4 aromatic heterocycles. The Hall–Kier alpha value is -3.92. The van der Waals surface area contributed by atoms with Crippen molar-refractivity contribution in [2.24, 2.45) is 0 Å². The molecular formula is C29H34FN8O+. The molecule has 0 saturated carbocycles. The minimum absolute atomic E-state index is 0.0994. The van der Waals surface area contributed by atoms with E-state index in [0.29, 0.717) is 51.4 Å². The highest BCUT2D eigenvalue weighted by Gasteiger charge is 2.45. The van der Waals surface area contributed by atoms with Crippen molar-refractivity contribution in [1.82, 2.24) is 29.3 Å². The molecular weight excluding hydrogens is 495 g/mol. The zero-order chi connectivity index (χ0) is 27.0. The number of alkyl halides is 1. The second-order valence-electron chi connectivity index (χ2n) is 10.8. The summed E-state index contributed by atoms with van der Waals surface area (Å²) in [5.41, 5.74) is 8.63. The molecule has 39 heavy (non-hydrogen) atoms. The Kier molecular flexibility index (Phi) is 6.72. The zero-order valence-electron chi connectivity index (χ0n) is 22.2. The first-order valence-corrected chi connectivity index (χ1v) is 13.6. The van der Waals surface area contributed by atoms with Gasteiger partial charge in [0.15, 0.2) is 17.1 Å². The molecule has 3 N–H and O–H groups in total. The number of carbonyl (C=O) groups is 1. The number of H-pyrrole nitrogens is 1. The number of rotatable bonds is 5. The fourth-order valence-electron chi connectivity index (χ4n) is 6.01. The van der Waals surface area contributed by atoms with E-state index in [1.807, 2.05) is 43.3 Å². The Morgan fingerprint density at radius 1 is 1.08 bits per heavy atom. The van der Waals surface area contributed by atoms with Gasteiger partial charge in [-0.2, -0.15) is 0 Å². The average Bonchev–Trinajstić information content (AvgIpc) is 3.34. The molecule has 10 heteroatoms. The van der Waals surface area contributed by atoms with E-state index < -0.39 is 5.67 Å². The van der Waals surface area contributed by atoms with Crippen molar-refractivity contribution < 1.29 is 14.2 Å². The van der Waals surface area contributed by atoms with Crippen LogP contribution >= 0.6 is 0 Å². The number of aromatic amines is 1. The maximum atomic E-state index is 16.0. The highest BCUT2D eigenvalue weighted by atomic mass is 19.1. The van der Waals surface area contributed by atoms with Crippen LogP contribution in [0.3, 0.4) is 0 Å². The first kappa shape index (κ1) is 25.4. The van der Waals surface area contributed by atoms with Crippen LogP contribution in [0.2, 0.25) is 0 Å². The number of piperidine rings is 2. The highest BCUT2D eigenvalue weighted by molar-refractivity contribution is 5.85. The van der Waals surface area contributed by atoms with Crippen molar-refractivity contribution in [1.29, 1.82) is 0 Å². The number of hydrogen-bond donors (Lipinski definition) is 1. The fraction of sp³-hybridized carbons (Fsp3) is 0.414. The lowest BCUT2D eigenvalue weighted by Gasteiger charge is -2.40. The molecule has 4 aromatic rings. The fourth-order valence-corrected chi connectivity index (χ4v) is 6.01. The van der Waals surface area contributed by atoms with Crippen LogP contribution in [0.1, 0.15) is 43.0 Å². The van der Waals surface area contributed by atoms with Crippen molar-refractivity contribution in [2.45, 2.75) is 50.9 Å². The first-order chi connectivity index (χ1) is 18.9. The number of nitrogens with zero attached hydrogens (tertiary/aromatic N) is 6. The molecule has 0 bridgehead atoms. The molecule has 202 valence electrons. The summed E-state index contributed by atoms with van der Waals surface area (Å²) >= 11 is 0. The number of aromatic nitrogens is 5. The summed E-state index contributed by atoms with van der Waals surface area (Å²) in [6.45, 7) is 4.75. The summed E-state index contributed by atoms with van der Waals surface area (Å²) in [6.07, 6.45) is 5.36. The molecule has 0 spiro atoms. The second-order valence-corrected chi connectivity index (χ2v) is 10.8. The van der Waals surface area contributed by atoms with E-state index in [2.05, 4.69) is 30.5 Å². The van der Waals surface area contributed by atoms with Gasteiger partial charge >= 0.3 is 0 Å². The van der Waals surface area contributed by atoms with Gasteiger partial charge in [0.1, 0.15) is 11.2 Å². The summed E-state index contributed by atoms with van der Waals surface area (Å²) in [7, 11) is 0. The van der Waals surface area contributed by atoms with Gasteiger partial charge in [-0.25, -0.2) is 19.3 Å². The molecule has 0 aromatic carbocycles. The summed E-state index contributed by atoms with van der Waals surface area (Å²) in [4.78, 5) is 34.3. The van der Waals surface area contributed by atoms with Crippen LogP contribution in [0, 0.1) is 6.92 Å². The van der Waals surface area contributed by atoms with Crippen molar-refractivity contribution in [3.8, 4) is 11.5 Å². The number of aryl methyl sites for hydroxylation is 1.